The molecule has 0 radical (unpaired) electrons. The lowest BCUT2D eigenvalue weighted by molar-refractivity contribution is 0.0732. The molecule has 3 rings (SSSR count). The molecule has 23 heavy (non-hydrogen) atoms. The Balaban J connectivity index is 1.77. The number of likely N-dealkylation sites (tertiary alicyclic amines) is 1. The van der Waals surface area contributed by atoms with Gasteiger partial charge in [0.2, 0.25) is 10.0 Å². The molecule has 1 unspecified atom stereocenters. The van der Waals surface area contributed by atoms with Crippen LogP contribution in [0.25, 0.3) is 11.3 Å². The lowest BCUT2D eigenvalue weighted by Gasteiger charge is -2.31. The highest BCUT2D eigenvalue weighted by Crippen LogP contribution is 2.24. The van der Waals surface area contributed by atoms with Crippen LogP contribution in [-0.2, 0) is 10.0 Å². The smallest absolute Gasteiger partial charge is 0.265 e. The van der Waals surface area contributed by atoms with Crippen LogP contribution in [0.4, 0.5) is 0 Å². The third kappa shape index (κ3) is 3.60. The molecule has 2 aromatic rings. The summed E-state index contributed by atoms with van der Waals surface area (Å²) in [5, 5.41) is 4.54. The lowest BCUT2D eigenvalue weighted by Crippen LogP contribution is -2.46. The quantitative estimate of drug-likeness (QED) is 0.911. The second-order valence-corrected chi connectivity index (χ2v) is 8.20. The molecule has 122 valence electrons. The van der Waals surface area contributed by atoms with Crippen LogP contribution in [0, 0.1) is 0 Å². The van der Waals surface area contributed by atoms with Gasteiger partial charge < -0.3 is 4.90 Å². The fourth-order valence-electron chi connectivity index (χ4n) is 2.67. The van der Waals surface area contributed by atoms with E-state index in [1.807, 2.05) is 30.3 Å². The maximum Gasteiger partial charge on any atom is 0.265 e. The largest absolute Gasteiger partial charge is 0.337 e. The number of nitrogens with zero attached hydrogens (tertiary/aromatic N) is 2. The summed E-state index contributed by atoms with van der Waals surface area (Å²) < 4.78 is 27.3. The first-order chi connectivity index (χ1) is 10.9. The molecule has 0 saturated carbocycles. The number of nitrogens with two attached hydrogens (primary N) is 1. The van der Waals surface area contributed by atoms with Crippen molar-refractivity contribution in [2.24, 2.45) is 5.14 Å². The van der Waals surface area contributed by atoms with Gasteiger partial charge in [0.05, 0.1) is 10.9 Å². The minimum atomic E-state index is -3.62. The number of piperidine rings is 1. The van der Waals surface area contributed by atoms with E-state index < -0.39 is 15.3 Å². The predicted molar refractivity (Wildman–Crippen MR) is 89.6 cm³/mol. The topological polar surface area (TPSA) is 93.4 Å². The molecule has 8 heteroatoms. The SMILES string of the molecule is NS(=O)(=O)C1CCCN(C(=O)c2cc(-c3ccccc3)ns2)C1. The number of sulfonamides is 1. The van der Waals surface area contributed by atoms with Crippen LogP contribution in [0.2, 0.25) is 0 Å². The second kappa shape index (κ2) is 6.38. The van der Waals surface area contributed by atoms with Crippen LogP contribution < -0.4 is 5.14 Å². The Kier molecular flexibility index (Phi) is 4.47. The third-order valence-corrected chi connectivity index (χ3v) is 6.01. The monoisotopic (exact) mass is 351 g/mol. The maximum absolute atomic E-state index is 12.6. The van der Waals surface area contributed by atoms with E-state index in [4.69, 9.17) is 5.14 Å². The molecule has 6 nitrogen and oxygen atoms in total. The number of aromatic nitrogens is 1. The van der Waals surface area contributed by atoms with Crippen molar-refractivity contribution in [3.8, 4) is 11.3 Å². The summed E-state index contributed by atoms with van der Waals surface area (Å²) in [5.41, 5.74) is 1.70. The highest BCUT2D eigenvalue weighted by atomic mass is 32.2. The van der Waals surface area contributed by atoms with E-state index in [2.05, 4.69) is 4.37 Å². The van der Waals surface area contributed by atoms with Gasteiger partial charge in [-0.2, -0.15) is 4.37 Å². The van der Waals surface area contributed by atoms with Gasteiger partial charge in [0, 0.05) is 18.7 Å². The summed E-state index contributed by atoms with van der Waals surface area (Å²) in [6.45, 7) is 0.694. The predicted octanol–water partition coefficient (Wildman–Crippen LogP) is 1.70. The van der Waals surface area contributed by atoms with E-state index in [-0.39, 0.29) is 12.5 Å². The Morgan fingerprint density at radius 3 is 2.74 bits per heavy atom. The molecular formula is C15H17N3O3S2. The summed E-state index contributed by atoms with van der Waals surface area (Å²) in [6, 6.07) is 11.4. The molecular weight excluding hydrogens is 334 g/mol. The van der Waals surface area contributed by atoms with Gasteiger partial charge >= 0.3 is 0 Å². The molecule has 2 heterocycles. The molecule has 2 N–H and O–H groups in total. The lowest BCUT2D eigenvalue weighted by atomic mass is 10.1. The van der Waals surface area contributed by atoms with Crippen molar-refractivity contribution >= 4 is 27.5 Å². The molecule has 0 aliphatic carbocycles. The minimum Gasteiger partial charge on any atom is -0.337 e. The first-order valence-corrected chi connectivity index (χ1v) is 9.66. The summed E-state index contributed by atoms with van der Waals surface area (Å²) in [7, 11) is -3.62. The van der Waals surface area contributed by atoms with Crippen molar-refractivity contribution in [3.63, 3.8) is 0 Å². The summed E-state index contributed by atoms with van der Waals surface area (Å²) in [4.78, 5) is 14.6. The normalized spacial score (nSPS) is 18.8. The number of carbonyl (C=O) groups is 1. The van der Waals surface area contributed by atoms with Crippen LogP contribution in [0.3, 0.4) is 0 Å². The minimum absolute atomic E-state index is 0.149. The average Bonchev–Trinajstić information content (AvgIpc) is 3.04. The highest BCUT2D eigenvalue weighted by Gasteiger charge is 2.31. The highest BCUT2D eigenvalue weighted by molar-refractivity contribution is 7.89. The van der Waals surface area contributed by atoms with Crippen LogP contribution in [0.5, 0.6) is 0 Å². The Hall–Kier alpha value is -1.77. The van der Waals surface area contributed by atoms with E-state index in [9.17, 15) is 13.2 Å². The van der Waals surface area contributed by atoms with Crippen molar-refractivity contribution in [3.05, 3.63) is 41.3 Å². The van der Waals surface area contributed by atoms with E-state index in [0.29, 0.717) is 24.3 Å². The Morgan fingerprint density at radius 1 is 1.30 bits per heavy atom. The van der Waals surface area contributed by atoms with Gasteiger partial charge in [-0.3, -0.25) is 4.79 Å². The number of carbonyl (C=O) groups excluding carboxylic acids is 1. The van der Waals surface area contributed by atoms with Gasteiger partial charge in [-0.05, 0) is 30.4 Å². The van der Waals surface area contributed by atoms with Crippen molar-refractivity contribution in [2.45, 2.75) is 18.1 Å². The van der Waals surface area contributed by atoms with Gasteiger partial charge in [0.25, 0.3) is 5.91 Å². The van der Waals surface area contributed by atoms with E-state index in [1.54, 1.807) is 11.0 Å². The molecule has 1 aliphatic rings. The zero-order valence-electron chi connectivity index (χ0n) is 12.4. The molecule has 1 aliphatic heterocycles. The molecule has 0 spiro atoms. The molecule has 1 amide bonds. The van der Waals surface area contributed by atoms with E-state index in [1.165, 1.54) is 0 Å². The maximum atomic E-state index is 12.6. The number of benzene rings is 1. The Bertz CT molecular complexity index is 802. The van der Waals surface area contributed by atoms with Crippen LogP contribution >= 0.6 is 11.5 Å². The zero-order valence-corrected chi connectivity index (χ0v) is 14.0. The molecule has 1 aromatic heterocycles. The van der Waals surface area contributed by atoms with Gasteiger partial charge in [-0.15, -0.1) is 0 Å². The molecule has 0 bridgehead atoms. The van der Waals surface area contributed by atoms with Gasteiger partial charge in [-0.25, -0.2) is 13.6 Å². The Morgan fingerprint density at radius 2 is 2.04 bits per heavy atom. The fraction of sp³-hybridized carbons (Fsp3) is 0.333. The number of primary sulfonamides is 1. The van der Waals surface area contributed by atoms with Gasteiger partial charge in [0.1, 0.15) is 4.88 Å². The Labute approximate surface area is 139 Å². The van der Waals surface area contributed by atoms with Crippen LogP contribution in [-0.4, -0.2) is 41.9 Å². The first kappa shape index (κ1) is 16.1. The third-order valence-electron chi connectivity index (χ3n) is 3.92. The molecule has 1 fully saturated rings. The summed E-state index contributed by atoms with van der Waals surface area (Å²) in [5.74, 6) is -0.182. The number of hydrogen-bond acceptors (Lipinski definition) is 5. The fourth-order valence-corrected chi connectivity index (χ4v) is 4.28. The molecule has 1 saturated heterocycles. The first-order valence-electron chi connectivity index (χ1n) is 7.28. The number of rotatable bonds is 3. The number of amides is 1. The molecule has 1 atom stereocenters. The zero-order chi connectivity index (χ0) is 16.4. The van der Waals surface area contributed by atoms with E-state index >= 15 is 0 Å². The van der Waals surface area contributed by atoms with Crippen molar-refractivity contribution in [1.82, 2.24) is 9.27 Å². The van der Waals surface area contributed by atoms with Crippen LogP contribution in [0.15, 0.2) is 36.4 Å². The van der Waals surface area contributed by atoms with Crippen molar-refractivity contribution in [1.29, 1.82) is 0 Å². The van der Waals surface area contributed by atoms with Gasteiger partial charge in [-0.1, -0.05) is 30.3 Å². The summed E-state index contributed by atoms with van der Waals surface area (Å²) in [6.07, 6.45) is 1.14. The van der Waals surface area contributed by atoms with Crippen molar-refractivity contribution in [2.75, 3.05) is 13.1 Å². The standard InChI is InChI=1S/C15H17N3O3S2/c16-23(20,21)12-7-4-8-18(10-12)15(19)14-9-13(17-22-14)11-5-2-1-3-6-11/h1-3,5-6,9,12H,4,7-8,10H2,(H2,16,20,21). The van der Waals surface area contributed by atoms with Gasteiger partial charge in [0.15, 0.2) is 0 Å². The van der Waals surface area contributed by atoms with E-state index in [0.717, 1.165) is 22.8 Å². The summed E-state index contributed by atoms with van der Waals surface area (Å²) >= 11 is 1.13. The molecule has 1 aromatic carbocycles. The van der Waals surface area contributed by atoms with Crippen molar-refractivity contribution < 1.29 is 13.2 Å². The second-order valence-electron chi connectivity index (χ2n) is 5.55. The number of hydrogen-bond donors (Lipinski definition) is 1. The average molecular weight is 351 g/mol. The van der Waals surface area contributed by atoms with Crippen LogP contribution in [0.1, 0.15) is 22.5 Å².